The van der Waals surface area contributed by atoms with Gasteiger partial charge in [-0.05, 0) is 49.2 Å². The molecule has 2 aromatic carbocycles. The zero-order valence-electron chi connectivity index (χ0n) is 17.1. The number of aromatic nitrogens is 3. The average Bonchev–Trinajstić information content (AvgIpc) is 3.52. The lowest BCUT2D eigenvalue weighted by atomic mass is 10.1. The van der Waals surface area contributed by atoms with E-state index in [1.165, 1.54) is 0 Å². The van der Waals surface area contributed by atoms with Gasteiger partial charge in [0.2, 0.25) is 0 Å². The number of carbonyl (C=O) groups excluding carboxylic acids is 1. The predicted molar refractivity (Wildman–Crippen MR) is 126 cm³/mol. The Morgan fingerprint density at radius 2 is 1.84 bits per heavy atom. The topological polar surface area (TPSA) is 97.9 Å². The average molecular weight is 445 g/mol. The van der Waals surface area contributed by atoms with E-state index in [0.717, 1.165) is 29.8 Å². The standard InChI is InChI=1S/C24H21ClN6O/c25-18-12-9-15(19-7-4-8-22(26)28-19)13-20(18)29-23-14-21(24(32)27-16-10-11-16)30-31(23)17-5-2-1-3-6-17/h1-9,12-14,16,29H,10-11H2,(H2,26,28)(H,27,32). The number of halogens is 1. The number of amides is 1. The summed E-state index contributed by atoms with van der Waals surface area (Å²) in [6.07, 6.45) is 2.02. The van der Waals surface area contributed by atoms with Crippen molar-refractivity contribution in [2.75, 3.05) is 11.1 Å². The zero-order chi connectivity index (χ0) is 22.1. The molecule has 0 atom stereocenters. The lowest BCUT2D eigenvalue weighted by Gasteiger charge is -2.12. The minimum absolute atomic E-state index is 0.186. The maximum absolute atomic E-state index is 12.6. The van der Waals surface area contributed by atoms with Crippen molar-refractivity contribution in [3.05, 3.63) is 83.5 Å². The molecule has 2 aromatic heterocycles. The molecule has 1 aliphatic rings. The first-order valence-corrected chi connectivity index (χ1v) is 10.7. The van der Waals surface area contributed by atoms with E-state index < -0.39 is 0 Å². The fourth-order valence-electron chi connectivity index (χ4n) is 3.36. The zero-order valence-corrected chi connectivity index (χ0v) is 17.9. The van der Waals surface area contributed by atoms with Crippen LogP contribution in [-0.2, 0) is 0 Å². The van der Waals surface area contributed by atoms with Gasteiger partial charge in [0, 0.05) is 17.7 Å². The van der Waals surface area contributed by atoms with Gasteiger partial charge in [-0.1, -0.05) is 41.9 Å². The summed E-state index contributed by atoms with van der Waals surface area (Å²) in [6, 6.07) is 22.7. The summed E-state index contributed by atoms with van der Waals surface area (Å²) in [4.78, 5) is 17.0. The van der Waals surface area contributed by atoms with Crippen LogP contribution in [0.2, 0.25) is 5.02 Å². The maximum Gasteiger partial charge on any atom is 0.272 e. The lowest BCUT2D eigenvalue weighted by molar-refractivity contribution is 0.0945. The second-order valence-electron chi connectivity index (χ2n) is 7.68. The molecule has 32 heavy (non-hydrogen) atoms. The van der Waals surface area contributed by atoms with Gasteiger partial charge in [0.25, 0.3) is 5.91 Å². The van der Waals surface area contributed by atoms with Crippen molar-refractivity contribution < 1.29 is 4.79 Å². The van der Waals surface area contributed by atoms with Crippen molar-refractivity contribution in [1.29, 1.82) is 0 Å². The normalized spacial score (nSPS) is 13.0. The first kappa shape index (κ1) is 20.1. The monoisotopic (exact) mass is 444 g/mol. The van der Waals surface area contributed by atoms with Crippen LogP contribution in [0.1, 0.15) is 23.3 Å². The molecule has 4 N–H and O–H groups in total. The minimum atomic E-state index is -0.186. The molecule has 4 aromatic rings. The molecule has 0 radical (unpaired) electrons. The number of rotatable bonds is 6. The number of para-hydroxylation sites is 1. The van der Waals surface area contributed by atoms with Gasteiger partial charge in [-0.2, -0.15) is 5.10 Å². The molecule has 5 rings (SSSR count). The quantitative estimate of drug-likeness (QED) is 0.396. The molecule has 1 aliphatic carbocycles. The Hall–Kier alpha value is -3.84. The highest BCUT2D eigenvalue weighted by Crippen LogP contribution is 2.32. The molecule has 160 valence electrons. The number of nitrogens with one attached hydrogen (secondary N) is 2. The van der Waals surface area contributed by atoms with E-state index >= 15 is 0 Å². The second kappa shape index (κ2) is 8.36. The summed E-state index contributed by atoms with van der Waals surface area (Å²) >= 11 is 6.49. The highest BCUT2D eigenvalue weighted by atomic mass is 35.5. The second-order valence-corrected chi connectivity index (χ2v) is 8.08. The number of pyridine rings is 1. The van der Waals surface area contributed by atoms with Crippen LogP contribution in [0.5, 0.6) is 0 Å². The SMILES string of the molecule is Nc1cccc(-c2ccc(Cl)c(Nc3cc(C(=O)NC4CC4)nn3-c3ccccc3)c2)n1. The number of benzene rings is 2. The van der Waals surface area contributed by atoms with E-state index in [4.69, 9.17) is 17.3 Å². The molecule has 0 unspecified atom stereocenters. The highest BCUT2D eigenvalue weighted by molar-refractivity contribution is 6.33. The Kier molecular flexibility index (Phi) is 5.25. The number of nitrogens with zero attached hydrogens (tertiary/aromatic N) is 3. The third kappa shape index (κ3) is 4.29. The van der Waals surface area contributed by atoms with Crippen molar-refractivity contribution in [3.8, 4) is 16.9 Å². The fourth-order valence-corrected chi connectivity index (χ4v) is 3.53. The van der Waals surface area contributed by atoms with Crippen LogP contribution in [0, 0.1) is 0 Å². The van der Waals surface area contributed by atoms with Gasteiger partial charge in [0.1, 0.15) is 11.6 Å². The van der Waals surface area contributed by atoms with Crippen molar-refractivity contribution in [2.24, 2.45) is 0 Å². The maximum atomic E-state index is 12.6. The van der Waals surface area contributed by atoms with E-state index in [-0.39, 0.29) is 11.9 Å². The Labute approximate surface area is 190 Å². The Morgan fingerprint density at radius 1 is 1.03 bits per heavy atom. The van der Waals surface area contributed by atoms with Crippen molar-refractivity contribution in [3.63, 3.8) is 0 Å². The van der Waals surface area contributed by atoms with Crippen LogP contribution in [0.3, 0.4) is 0 Å². The summed E-state index contributed by atoms with van der Waals surface area (Å²) in [7, 11) is 0. The molecule has 1 amide bonds. The molecule has 1 saturated carbocycles. The molecule has 1 fully saturated rings. The van der Waals surface area contributed by atoms with Gasteiger partial charge < -0.3 is 16.4 Å². The first-order valence-electron chi connectivity index (χ1n) is 10.3. The van der Waals surface area contributed by atoms with Crippen LogP contribution in [0.4, 0.5) is 17.3 Å². The number of hydrogen-bond acceptors (Lipinski definition) is 5. The van der Waals surface area contributed by atoms with E-state index in [2.05, 4.69) is 20.7 Å². The van der Waals surface area contributed by atoms with Crippen molar-refractivity contribution >= 4 is 34.8 Å². The molecule has 8 heteroatoms. The molecule has 0 spiro atoms. The summed E-state index contributed by atoms with van der Waals surface area (Å²) in [6.45, 7) is 0. The number of nitrogen functional groups attached to an aromatic ring is 1. The van der Waals surface area contributed by atoms with Gasteiger partial charge in [0.05, 0.1) is 22.1 Å². The fraction of sp³-hybridized carbons (Fsp3) is 0.125. The Balaban J connectivity index is 1.52. The highest BCUT2D eigenvalue weighted by Gasteiger charge is 2.26. The van der Waals surface area contributed by atoms with Crippen LogP contribution in [0.25, 0.3) is 16.9 Å². The minimum Gasteiger partial charge on any atom is -0.384 e. The Bertz CT molecular complexity index is 1280. The van der Waals surface area contributed by atoms with Crippen molar-refractivity contribution in [2.45, 2.75) is 18.9 Å². The third-order valence-corrected chi connectivity index (χ3v) is 5.48. The number of carbonyl (C=O) groups is 1. The molecule has 2 heterocycles. The largest absolute Gasteiger partial charge is 0.384 e. The first-order chi connectivity index (χ1) is 15.6. The summed E-state index contributed by atoms with van der Waals surface area (Å²) in [5, 5.41) is 11.4. The number of nitrogens with two attached hydrogens (primary N) is 1. The van der Waals surface area contributed by atoms with Crippen molar-refractivity contribution in [1.82, 2.24) is 20.1 Å². The third-order valence-electron chi connectivity index (χ3n) is 5.15. The van der Waals surface area contributed by atoms with Gasteiger partial charge in [-0.15, -0.1) is 0 Å². The molecular weight excluding hydrogens is 424 g/mol. The summed E-state index contributed by atoms with van der Waals surface area (Å²) in [5.74, 6) is 0.881. The molecule has 7 nitrogen and oxygen atoms in total. The molecule has 0 bridgehead atoms. The van der Waals surface area contributed by atoms with E-state index in [1.807, 2.05) is 54.6 Å². The number of anilines is 3. The summed E-state index contributed by atoms with van der Waals surface area (Å²) in [5.41, 5.74) is 9.27. The van der Waals surface area contributed by atoms with Crippen LogP contribution >= 0.6 is 11.6 Å². The predicted octanol–water partition coefficient (Wildman–Crippen LogP) is 4.81. The van der Waals surface area contributed by atoms with Gasteiger partial charge in [-0.25, -0.2) is 9.67 Å². The van der Waals surface area contributed by atoms with E-state index in [1.54, 1.807) is 22.9 Å². The van der Waals surface area contributed by atoms with E-state index in [9.17, 15) is 4.79 Å². The lowest BCUT2D eigenvalue weighted by Crippen LogP contribution is -2.25. The van der Waals surface area contributed by atoms with Crippen LogP contribution in [-0.4, -0.2) is 26.7 Å². The van der Waals surface area contributed by atoms with Gasteiger partial charge >= 0.3 is 0 Å². The number of hydrogen-bond donors (Lipinski definition) is 3. The summed E-state index contributed by atoms with van der Waals surface area (Å²) < 4.78 is 1.70. The molecular formula is C24H21ClN6O. The Morgan fingerprint density at radius 3 is 2.59 bits per heavy atom. The molecule has 0 aliphatic heterocycles. The smallest absolute Gasteiger partial charge is 0.272 e. The van der Waals surface area contributed by atoms with Crippen LogP contribution < -0.4 is 16.4 Å². The van der Waals surface area contributed by atoms with Gasteiger partial charge in [0.15, 0.2) is 5.69 Å². The van der Waals surface area contributed by atoms with E-state index in [0.29, 0.717) is 28.0 Å². The van der Waals surface area contributed by atoms with Gasteiger partial charge in [-0.3, -0.25) is 4.79 Å². The van der Waals surface area contributed by atoms with Crippen LogP contribution in [0.15, 0.2) is 72.8 Å². The molecule has 0 saturated heterocycles.